The third-order valence-electron chi connectivity index (χ3n) is 4.02. The van der Waals surface area contributed by atoms with E-state index in [9.17, 15) is 4.79 Å². The molecule has 86 valence electrons. The van der Waals surface area contributed by atoms with Crippen LogP contribution in [0.5, 0.6) is 0 Å². The first-order valence-corrected chi connectivity index (χ1v) is 5.86. The number of carboxylic acids is 1. The third kappa shape index (κ3) is 2.03. The molecule has 0 radical (unpaired) electrons. The lowest BCUT2D eigenvalue weighted by molar-refractivity contribution is -0.149. The molecule has 2 atom stereocenters. The van der Waals surface area contributed by atoms with Crippen molar-refractivity contribution in [3.63, 3.8) is 0 Å². The molecule has 2 fully saturated rings. The first kappa shape index (κ1) is 10.9. The molecule has 3 nitrogen and oxygen atoms in total. The molecule has 2 aliphatic rings. The first-order valence-electron chi connectivity index (χ1n) is 5.86. The molecule has 1 aliphatic heterocycles. The fraction of sp³-hybridized carbons (Fsp3) is 0.917. The van der Waals surface area contributed by atoms with E-state index >= 15 is 0 Å². The van der Waals surface area contributed by atoms with Crippen LogP contribution in [0.3, 0.4) is 0 Å². The van der Waals surface area contributed by atoms with Crippen LogP contribution < -0.4 is 0 Å². The average molecular weight is 211 g/mol. The highest BCUT2D eigenvalue weighted by atomic mass is 16.4. The topological polar surface area (TPSA) is 40.5 Å². The highest BCUT2D eigenvalue weighted by Gasteiger charge is 2.45. The second-order valence-corrected chi connectivity index (χ2v) is 6.11. The summed E-state index contributed by atoms with van der Waals surface area (Å²) in [5.41, 5.74) is 0.443. The molecule has 2 rings (SSSR count). The van der Waals surface area contributed by atoms with Gasteiger partial charge in [-0.2, -0.15) is 0 Å². The largest absolute Gasteiger partial charge is 0.481 e. The predicted molar refractivity (Wildman–Crippen MR) is 58.7 cm³/mol. The fourth-order valence-corrected chi connectivity index (χ4v) is 3.29. The second kappa shape index (κ2) is 3.48. The molecular weight excluding hydrogens is 190 g/mol. The maximum atomic E-state index is 10.7. The van der Waals surface area contributed by atoms with Crippen LogP contribution in [-0.2, 0) is 4.79 Å². The van der Waals surface area contributed by atoms with E-state index in [1.807, 2.05) is 0 Å². The normalized spacial score (nSPS) is 36.5. The van der Waals surface area contributed by atoms with Crippen LogP contribution >= 0.6 is 0 Å². The molecule has 0 aromatic heterocycles. The van der Waals surface area contributed by atoms with Crippen molar-refractivity contribution in [2.24, 2.45) is 17.3 Å². The summed E-state index contributed by atoms with van der Waals surface area (Å²) in [6.07, 6.45) is 2.49. The van der Waals surface area contributed by atoms with Crippen LogP contribution in [0.1, 0.15) is 33.6 Å². The van der Waals surface area contributed by atoms with Crippen LogP contribution in [0, 0.1) is 17.3 Å². The second-order valence-electron chi connectivity index (χ2n) is 6.11. The Bertz CT molecular complexity index is 269. The van der Waals surface area contributed by atoms with Gasteiger partial charge in [-0.1, -0.05) is 20.8 Å². The Hall–Kier alpha value is -0.570. The number of carbonyl (C=O) groups is 1. The van der Waals surface area contributed by atoms with Gasteiger partial charge in [0, 0.05) is 19.1 Å². The summed E-state index contributed by atoms with van der Waals surface area (Å²) in [4.78, 5) is 13.1. The van der Waals surface area contributed by atoms with Crippen molar-refractivity contribution in [1.82, 2.24) is 4.90 Å². The molecule has 3 heteroatoms. The van der Waals surface area contributed by atoms with Gasteiger partial charge >= 0.3 is 5.97 Å². The number of aliphatic carboxylic acids is 1. The highest BCUT2D eigenvalue weighted by Crippen LogP contribution is 2.44. The van der Waals surface area contributed by atoms with Crippen LogP contribution in [-0.4, -0.2) is 35.1 Å². The molecule has 1 saturated carbocycles. The Morgan fingerprint density at radius 2 is 1.93 bits per heavy atom. The van der Waals surface area contributed by atoms with E-state index in [1.54, 1.807) is 0 Å². The Labute approximate surface area is 91.5 Å². The summed E-state index contributed by atoms with van der Waals surface area (Å²) in [7, 11) is 0. The molecule has 0 spiro atoms. The zero-order valence-electron chi connectivity index (χ0n) is 9.86. The highest BCUT2D eigenvalue weighted by molar-refractivity contribution is 5.71. The summed E-state index contributed by atoms with van der Waals surface area (Å²) in [6, 6.07) is 0.621. The zero-order valence-corrected chi connectivity index (χ0v) is 9.86. The van der Waals surface area contributed by atoms with Gasteiger partial charge < -0.3 is 5.11 Å². The summed E-state index contributed by atoms with van der Waals surface area (Å²) >= 11 is 0. The van der Waals surface area contributed by atoms with Gasteiger partial charge in [-0.3, -0.25) is 9.69 Å². The van der Waals surface area contributed by atoms with E-state index < -0.39 is 5.97 Å². The summed E-state index contributed by atoms with van der Waals surface area (Å²) in [5.74, 6) is -0.0215. The summed E-state index contributed by atoms with van der Waals surface area (Å²) in [5, 5.41) is 8.84. The Kier molecular flexibility index (Phi) is 2.53. The fourth-order valence-electron chi connectivity index (χ4n) is 3.29. The lowest BCUT2D eigenvalue weighted by Crippen LogP contribution is -2.55. The monoisotopic (exact) mass is 211 g/mol. The molecule has 1 aliphatic carbocycles. The maximum absolute atomic E-state index is 10.7. The summed E-state index contributed by atoms with van der Waals surface area (Å²) in [6.45, 7) is 8.46. The molecule has 0 aromatic rings. The summed E-state index contributed by atoms with van der Waals surface area (Å²) < 4.78 is 0. The number of rotatable bonds is 2. The molecule has 0 aromatic carbocycles. The minimum Gasteiger partial charge on any atom is -0.481 e. The number of carboxylic acid groups (broad SMARTS) is 1. The van der Waals surface area contributed by atoms with Crippen molar-refractivity contribution < 1.29 is 9.90 Å². The van der Waals surface area contributed by atoms with E-state index in [0.717, 1.165) is 19.0 Å². The minimum atomic E-state index is -0.629. The predicted octanol–water partition coefficient (Wildman–Crippen LogP) is 1.83. The first-order chi connectivity index (χ1) is 6.89. The number of hydrogen-bond donors (Lipinski definition) is 1. The van der Waals surface area contributed by atoms with Gasteiger partial charge in [-0.25, -0.2) is 0 Å². The van der Waals surface area contributed by atoms with Gasteiger partial charge in [0.15, 0.2) is 0 Å². The van der Waals surface area contributed by atoms with Gasteiger partial charge in [-0.05, 0) is 24.2 Å². The van der Waals surface area contributed by atoms with Gasteiger partial charge in [0.2, 0.25) is 0 Å². The van der Waals surface area contributed by atoms with Gasteiger partial charge in [0.25, 0.3) is 0 Å². The van der Waals surface area contributed by atoms with Crippen molar-refractivity contribution in [3.05, 3.63) is 0 Å². The Balaban J connectivity index is 1.90. The Morgan fingerprint density at radius 3 is 2.33 bits per heavy atom. The van der Waals surface area contributed by atoms with E-state index in [1.165, 1.54) is 12.8 Å². The molecule has 2 unspecified atom stereocenters. The molecule has 1 N–H and O–H groups in total. The number of likely N-dealkylation sites (tertiary alicyclic amines) is 1. The molecule has 0 amide bonds. The van der Waals surface area contributed by atoms with E-state index in [0.29, 0.717) is 11.5 Å². The van der Waals surface area contributed by atoms with Crippen molar-refractivity contribution in [1.29, 1.82) is 0 Å². The Morgan fingerprint density at radius 1 is 1.33 bits per heavy atom. The van der Waals surface area contributed by atoms with Crippen LogP contribution in [0.4, 0.5) is 0 Å². The molecule has 1 heterocycles. The van der Waals surface area contributed by atoms with E-state index in [2.05, 4.69) is 25.7 Å². The van der Waals surface area contributed by atoms with Crippen molar-refractivity contribution >= 4 is 5.97 Å². The average Bonchev–Trinajstić information content (AvgIpc) is 2.20. The molecule has 0 bridgehead atoms. The lowest BCUT2D eigenvalue weighted by Gasteiger charge is -2.43. The lowest BCUT2D eigenvalue weighted by atomic mass is 9.90. The van der Waals surface area contributed by atoms with E-state index in [-0.39, 0.29) is 5.92 Å². The van der Waals surface area contributed by atoms with Gasteiger partial charge in [-0.15, -0.1) is 0 Å². The van der Waals surface area contributed by atoms with Crippen molar-refractivity contribution in [2.75, 3.05) is 13.1 Å². The number of nitrogens with zero attached hydrogens (tertiary/aromatic N) is 1. The quantitative estimate of drug-likeness (QED) is 0.757. The third-order valence-corrected chi connectivity index (χ3v) is 4.02. The van der Waals surface area contributed by atoms with Crippen LogP contribution in [0.2, 0.25) is 0 Å². The van der Waals surface area contributed by atoms with Crippen LogP contribution in [0.25, 0.3) is 0 Å². The minimum absolute atomic E-state index is 0.110. The van der Waals surface area contributed by atoms with E-state index in [4.69, 9.17) is 5.11 Å². The smallest absolute Gasteiger partial charge is 0.309 e. The van der Waals surface area contributed by atoms with Crippen LogP contribution in [0.15, 0.2) is 0 Å². The van der Waals surface area contributed by atoms with Crippen molar-refractivity contribution in [3.8, 4) is 0 Å². The number of hydrogen-bond acceptors (Lipinski definition) is 2. The standard InChI is InChI=1S/C12H21NO2/c1-8-4-12(2,3)5-10(8)13-6-9(7-13)11(14)15/h8-10H,4-7H2,1-3H3,(H,14,15). The molecule has 15 heavy (non-hydrogen) atoms. The SMILES string of the molecule is CC1CC(C)(C)CC1N1CC(C(=O)O)C1. The van der Waals surface area contributed by atoms with Gasteiger partial charge in [0.05, 0.1) is 5.92 Å². The molecule has 1 saturated heterocycles. The maximum Gasteiger partial charge on any atom is 0.309 e. The zero-order chi connectivity index (χ0) is 11.2. The van der Waals surface area contributed by atoms with Crippen molar-refractivity contribution in [2.45, 2.75) is 39.7 Å². The molecular formula is C12H21NO2. The van der Waals surface area contributed by atoms with Gasteiger partial charge in [0.1, 0.15) is 0 Å².